The molecule has 0 fully saturated rings. The molecule has 2 aromatic carbocycles. The molecule has 1 amide bonds. The number of rotatable bonds is 5. The molecule has 3 aromatic rings. The predicted octanol–water partition coefficient (Wildman–Crippen LogP) is 4.75. The minimum Gasteiger partial charge on any atom is -0.497 e. The Hall–Kier alpha value is -3.06. The van der Waals surface area contributed by atoms with Crippen molar-refractivity contribution in [2.45, 2.75) is 0 Å². The third kappa shape index (κ3) is 4.31. The maximum Gasteiger partial charge on any atom is 0.250 e. The second kappa shape index (κ2) is 7.88. The van der Waals surface area contributed by atoms with Crippen LogP contribution >= 0.6 is 11.3 Å². The number of hydrogen-bond acceptors (Lipinski definition) is 4. The first kappa shape index (κ1) is 17.8. The summed E-state index contributed by atoms with van der Waals surface area (Å²) < 4.78 is 31.8. The Kier molecular flexibility index (Phi) is 5.38. The Balaban J connectivity index is 1.66. The predicted molar refractivity (Wildman–Crippen MR) is 98.1 cm³/mol. The molecule has 0 aliphatic heterocycles. The van der Waals surface area contributed by atoms with Gasteiger partial charge in [0.05, 0.1) is 12.8 Å². The van der Waals surface area contributed by atoms with Crippen molar-refractivity contribution in [3.63, 3.8) is 0 Å². The van der Waals surface area contributed by atoms with E-state index >= 15 is 0 Å². The maximum atomic E-state index is 13.8. The Morgan fingerprint density at radius 2 is 1.96 bits per heavy atom. The van der Waals surface area contributed by atoms with Gasteiger partial charge in [-0.05, 0) is 35.9 Å². The number of benzene rings is 2. The molecule has 7 heteroatoms. The van der Waals surface area contributed by atoms with Crippen LogP contribution in [0, 0.1) is 11.6 Å². The quantitative estimate of drug-likeness (QED) is 0.658. The second-order valence-corrected chi connectivity index (χ2v) is 6.12. The molecule has 0 saturated heterocycles. The molecule has 0 radical (unpaired) electrons. The number of thiazole rings is 1. The first-order chi connectivity index (χ1) is 12.5. The molecule has 1 N–H and O–H groups in total. The Morgan fingerprint density at radius 1 is 1.19 bits per heavy atom. The molecule has 0 aliphatic carbocycles. The summed E-state index contributed by atoms with van der Waals surface area (Å²) in [6.45, 7) is 0. The van der Waals surface area contributed by atoms with E-state index in [1.54, 1.807) is 30.7 Å². The zero-order chi connectivity index (χ0) is 18.5. The van der Waals surface area contributed by atoms with Gasteiger partial charge in [-0.3, -0.25) is 10.1 Å². The van der Waals surface area contributed by atoms with E-state index in [9.17, 15) is 13.6 Å². The summed E-state index contributed by atoms with van der Waals surface area (Å²) >= 11 is 1.16. The van der Waals surface area contributed by atoms with Gasteiger partial charge >= 0.3 is 0 Å². The van der Waals surface area contributed by atoms with Gasteiger partial charge < -0.3 is 4.74 Å². The van der Waals surface area contributed by atoms with Crippen molar-refractivity contribution in [1.29, 1.82) is 0 Å². The summed E-state index contributed by atoms with van der Waals surface area (Å²) in [5, 5.41) is 4.54. The van der Waals surface area contributed by atoms with Crippen molar-refractivity contribution in [2.75, 3.05) is 12.4 Å². The molecule has 4 nitrogen and oxygen atoms in total. The fourth-order valence-corrected chi connectivity index (χ4v) is 2.90. The van der Waals surface area contributed by atoms with Crippen molar-refractivity contribution in [3.8, 4) is 17.0 Å². The van der Waals surface area contributed by atoms with Crippen LogP contribution in [-0.4, -0.2) is 18.0 Å². The Labute approximate surface area is 152 Å². The van der Waals surface area contributed by atoms with Gasteiger partial charge in [-0.2, -0.15) is 0 Å². The fraction of sp³-hybridized carbons (Fsp3) is 0.0526. The van der Waals surface area contributed by atoms with E-state index in [1.165, 1.54) is 12.1 Å². The van der Waals surface area contributed by atoms with Crippen molar-refractivity contribution in [3.05, 3.63) is 71.1 Å². The van der Waals surface area contributed by atoms with Crippen molar-refractivity contribution >= 4 is 28.5 Å². The van der Waals surface area contributed by atoms with E-state index in [-0.39, 0.29) is 11.5 Å². The standard InChI is InChI=1S/C19H14F2N2O2S/c1-25-14-6-2-12(3-7-14)4-9-18(24)23-19-22-17(11-26-19)15-8-5-13(20)10-16(15)21/h2-11H,1H3,(H,22,23,24). The Bertz CT molecular complexity index is 952. The van der Waals surface area contributed by atoms with E-state index in [0.717, 1.165) is 34.8 Å². The molecular formula is C19H14F2N2O2S. The molecule has 0 atom stereocenters. The molecule has 0 aliphatic rings. The van der Waals surface area contributed by atoms with Gasteiger partial charge in [0.15, 0.2) is 5.13 Å². The van der Waals surface area contributed by atoms with Crippen LogP contribution in [0.2, 0.25) is 0 Å². The van der Waals surface area contributed by atoms with Crippen LogP contribution in [0.1, 0.15) is 5.56 Å². The average Bonchev–Trinajstić information content (AvgIpc) is 3.08. The van der Waals surface area contributed by atoms with E-state index < -0.39 is 11.6 Å². The largest absolute Gasteiger partial charge is 0.497 e. The van der Waals surface area contributed by atoms with Crippen LogP contribution in [0.3, 0.4) is 0 Å². The molecule has 0 unspecified atom stereocenters. The maximum absolute atomic E-state index is 13.8. The fourth-order valence-electron chi connectivity index (χ4n) is 2.19. The number of nitrogens with one attached hydrogen (secondary N) is 1. The highest BCUT2D eigenvalue weighted by molar-refractivity contribution is 7.14. The first-order valence-electron chi connectivity index (χ1n) is 7.59. The smallest absolute Gasteiger partial charge is 0.250 e. The number of ether oxygens (including phenoxy) is 1. The lowest BCUT2D eigenvalue weighted by Crippen LogP contribution is -2.07. The average molecular weight is 372 g/mol. The third-order valence-corrected chi connectivity index (χ3v) is 4.24. The molecule has 1 heterocycles. The molecule has 132 valence electrons. The number of hydrogen-bond donors (Lipinski definition) is 1. The van der Waals surface area contributed by atoms with Gasteiger partial charge in [0.1, 0.15) is 17.4 Å². The Morgan fingerprint density at radius 3 is 2.65 bits per heavy atom. The van der Waals surface area contributed by atoms with Crippen LogP contribution in [-0.2, 0) is 4.79 Å². The minimum atomic E-state index is -0.701. The lowest BCUT2D eigenvalue weighted by Gasteiger charge is -2.00. The molecule has 3 rings (SSSR count). The summed E-state index contributed by atoms with van der Waals surface area (Å²) in [4.78, 5) is 16.1. The molecule has 1 aromatic heterocycles. The van der Waals surface area contributed by atoms with Crippen molar-refractivity contribution in [2.24, 2.45) is 0 Å². The zero-order valence-electron chi connectivity index (χ0n) is 13.7. The SMILES string of the molecule is COc1ccc(C=CC(=O)Nc2nc(-c3ccc(F)cc3F)cs2)cc1. The highest BCUT2D eigenvalue weighted by Gasteiger charge is 2.11. The topological polar surface area (TPSA) is 51.2 Å². The second-order valence-electron chi connectivity index (χ2n) is 5.26. The number of carbonyl (C=O) groups is 1. The van der Waals surface area contributed by atoms with Crippen LogP contribution < -0.4 is 10.1 Å². The molecular weight excluding hydrogens is 358 g/mol. The van der Waals surface area contributed by atoms with Gasteiger partial charge in [-0.15, -0.1) is 11.3 Å². The minimum absolute atomic E-state index is 0.178. The van der Waals surface area contributed by atoms with Crippen molar-refractivity contribution in [1.82, 2.24) is 4.98 Å². The molecule has 26 heavy (non-hydrogen) atoms. The number of halogens is 2. The number of carbonyl (C=O) groups excluding carboxylic acids is 1. The van der Waals surface area contributed by atoms with Crippen LogP contribution in [0.4, 0.5) is 13.9 Å². The van der Waals surface area contributed by atoms with E-state index in [1.807, 2.05) is 12.1 Å². The lowest BCUT2D eigenvalue weighted by atomic mass is 10.1. The van der Waals surface area contributed by atoms with Gasteiger partial charge in [0.25, 0.3) is 0 Å². The zero-order valence-corrected chi connectivity index (χ0v) is 14.5. The molecule has 0 saturated carbocycles. The molecule has 0 bridgehead atoms. The monoisotopic (exact) mass is 372 g/mol. The van der Waals surface area contributed by atoms with E-state index in [2.05, 4.69) is 10.3 Å². The van der Waals surface area contributed by atoms with Gasteiger partial charge in [0.2, 0.25) is 5.91 Å². The van der Waals surface area contributed by atoms with Crippen LogP contribution in [0.15, 0.2) is 53.9 Å². The number of methoxy groups -OCH3 is 1. The summed E-state index contributed by atoms with van der Waals surface area (Å²) in [5.41, 5.74) is 1.35. The number of anilines is 1. The normalized spacial score (nSPS) is 10.9. The number of nitrogens with zero attached hydrogens (tertiary/aromatic N) is 1. The van der Waals surface area contributed by atoms with Crippen LogP contribution in [0.25, 0.3) is 17.3 Å². The van der Waals surface area contributed by atoms with Crippen LogP contribution in [0.5, 0.6) is 5.75 Å². The van der Waals surface area contributed by atoms with Gasteiger partial charge in [-0.1, -0.05) is 12.1 Å². The number of amides is 1. The third-order valence-electron chi connectivity index (χ3n) is 3.48. The number of aromatic nitrogens is 1. The van der Waals surface area contributed by atoms with E-state index in [0.29, 0.717) is 10.8 Å². The summed E-state index contributed by atoms with van der Waals surface area (Å²) in [5.74, 6) is -0.984. The lowest BCUT2D eigenvalue weighted by molar-refractivity contribution is -0.111. The summed E-state index contributed by atoms with van der Waals surface area (Å²) in [7, 11) is 1.58. The summed E-state index contributed by atoms with van der Waals surface area (Å²) in [6.07, 6.45) is 3.03. The first-order valence-corrected chi connectivity index (χ1v) is 8.47. The molecule has 0 spiro atoms. The van der Waals surface area contributed by atoms with E-state index in [4.69, 9.17) is 4.74 Å². The highest BCUT2D eigenvalue weighted by Crippen LogP contribution is 2.27. The van der Waals surface area contributed by atoms with Gasteiger partial charge in [0, 0.05) is 23.1 Å². The highest BCUT2D eigenvalue weighted by atomic mass is 32.1. The summed E-state index contributed by atoms with van der Waals surface area (Å²) in [6, 6.07) is 10.5. The van der Waals surface area contributed by atoms with Crippen molar-refractivity contribution < 1.29 is 18.3 Å². The van der Waals surface area contributed by atoms with Gasteiger partial charge in [-0.25, -0.2) is 13.8 Å².